The van der Waals surface area contributed by atoms with E-state index in [0.717, 1.165) is 20.6 Å². The predicted molar refractivity (Wildman–Crippen MR) is 82.5 cm³/mol. The highest BCUT2D eigenvalue weighted by Crippen LogP contribution is 2.12. The fraction of sp³-hybridized carbons (Fsp3) is 0.143. The number of benzene rings is 1. The van der Waals surface area contributed by atoms with Crippen LogP contribution in [0.2, 0.25) is 0 Å². The quantitative estimate of drug-likeness (QED) is 0.672. The van der Waals surface area contributed by atoms with E-state index in [1.165, 1.54) is 0 Å². The molecule has 0 saturated heterocycles. The van der Waals surface area contributed by atoms with Crippen molar-refractivity contribution in [3.8, 4) is 0 Å². The molecule has 0 saturated carbocycles. The number of amides is 1. The van der Waals surface area contributed by atoms with Crippen molar-refractivity contribution in [2.45, 2.75) is 13.3 Å². The van der Waals surface area contributed by atoms with Crippen molar-refractivity contribution in [3.63, 3.8) is 0 Å². The molecule has 0 aliphatic carbocycles. The lowest BCUT2D eigenvalue weighted by molar-refractivity contribution is -0.120. The van der Waals surface area contributed by atoms with Crippen molar-refractivity contribution >= 4 is 38.9 Å². The van der Waals surface area contributed by atoms with E-state index in [-0.39, 0.29) is 5.91 Å². The highest BCUT2D eigenvalue weighted by atomic mass is 79.9. The van der Waals surface area contributed by atoms with Gasteiger partial charge in [0.1, 0.15) is 0 Å². The Morgan fingerprint density at radius 1 is 1.37 bits per heavy atom. The highest BCUT2D eigenvalue weighted by Gasteiger charge is 2.04. The summed E-state index contributed by atoms with van der Waals surface area (Å²) < 4.78 is 0.990. The first-order valence-electron chi connectivity index (χ1n) is 5.76. The number of hydrogen-bond acceptors (Lipinski definition) is 3. The number of hydrogen-bond donors (Lipinski definition) is 1. The van der Waals surface area contributed by atoms with E-state index in [2.05, 4.69) is 26.5 Å². The first-order chi connectivity index (χ1) is 9.15. The lowest BCUT2D eigenvalue weighted by atomic mass is 10.1. The summed E-state index contributed by atoms with van der Waals surface area (Å²) in [4.78, 5) is 12.7. The first-order valence-corrected chi connectivity index (χ1v) is 7.44. The third-order valence-electron chi connectivity index (χ3n) is 2.51. The highest BCUT2D eigenvalue weighted by molar-refractivity contribution is 9.10. The zero-order chi connectivity index (χ0) is 13.7. The predicted octanol–water partition coefficient (Wildman–Crippen LogP) is 3.59. The summed E-state index contributed by atoms with van der Waals surface area (Å²) in [6.07, 6.45) is 0.368. The SMILES string of the molecule is C/C(=N/NC(=O)Cc1cccs1)c1cccc(Br)c1. The van der Waals surface area contributed by atoms with Gasteiger partial charge in [0.15, 0.2) is 0 Å². The minimum absolute atomic E-state index is 0.100. The van der Waals surface area contributed by atoms with Crippen molar-refractivity contribution in [2.24, 2.45) is 5.10 Å². The van der Waals surface area contributed by atoms with E-state index in [1.807, 2.05) is 48.7 Å². The van der Waals surface area contributed by atoms with Crippen LogP contribution in [0.25, 0.3) is 0 Å². The lowest BCUT2D eigenvalue weighted by Gasteiger charge is -2.03. The fourth-order valence-corrected chi connectivity index (χ4v) is 2.64. The maximum atomic E-state index is 11.7. The molecule has 2 rings (SSSR count). The summed E-state index contributed by atoms with van der Waals surface area (Å²) in [6.45, 7) is 1.87. The Labute approximate surface area is 124 Å². The molecule has 5 heteroatoms. The van der Waals surface area contributed by atoms with Gasteiger partial charge in [0.05, 0.1) is 12.1 Å². The Kier molecular flexibility index (Phi) is 4.87. The molecular weight excluding hydrogens is 324 g/mol. The van der Waals surface area contributed by atoms with Gasteiger partial charge in [0, 0.05) is 9.35 Å². The summed E-state index contributed by atoms with van der Waals surface area (Å²) in [7, 11) is 0. The van der Waals surface area contributed by atoms with Gasteiger partial charge in [-0.1, -0.05) is 34.1 Å². The van der Waals surface area contributed by atoms with Gasteiger partial charge >= 0.3 is 0 Å². The van der Waals surface area contributed by atoms with Crippen LogP contribution in [0.5, 0.6) is 0 Å². The van der Waals surface area contributed by atoms with Gasteiger partial charge in [-0.15, -0.1) is 11.3 Å². The van der Waals surface area contributed by atoms with E-state index in [1.54, 1.807) is 11.3 Å². The number of hydrazone groups is 1. The van der Waals surface area contributed by atoms with Gasteiger partial charge in [-0.05, 0) is 36.1 Å². The standard InChI is InChI=1S/C14H13BrN2OS/c1-10(11-4-2-5-12(15)8-11)16-17-14(18)9-13-6-3-7-19-13/h2-8H,9H2,1H3,(H,17,18)/b16-10-. The zero-order valence-electron chi connectivity index (χ0n) is 10.4. The molecule has 1 aromatic carbocycles. The molecule has 0 spiro atoms. The Balaban J connectivity index is 1.96. The van der Waals surface area contributed by atoms with Crippen molar-refractivity contribution in [1.29, 1.82) is 0 Å². The van der Waals surface area contributed by atoms with Crippen LogP contribution in [0.4, 0.5) is 0 Å². The molecule has 0 aliphatic rings. The van der Waals surface area contributed by atoms with E-state index >= 15 is 0 Å². The second-order valence-corrected chi connectivity index (χ2v) is 5.95. The summed E-state index contributed by atoms with van der Waals surface area (Å²) in [6, 6.07) is 11.7. The smallest absolute Gasteiger partial charge is 0.245 e. The second kappa shape index (κ2) is 6.63. The molecule has 1 aromatic heterocycles. The van der Waals surface area contributed by atoms with Crippen LogP contribution in [-0.2, 0) is 11.2 Å². The molecule has 1 heterocycles. The van der Waals surface area contributed by atoms with E-state index < -0.39 is 0 Å². The molecule has 19 heavy (non-hydrogen) atoms. The van der Waals surface area contributed by atoms with Crippen LogP contribution >= 0.6 is 27.3 Å². The van der Waals surface area contributed by atoms with Gasteiger partial charge in [0.25, 0.3) is 0 Å². The number of thiophene rings is 1. The van der Waals surface area contributed by atoms with Gasteiger partial charge in [-0.25, -0.2) is 5.43 Å². The minimum atomic E-state index is -0.100. The number of nitrogens with zero attached hydrogens (tertiary/aromatic N) is 1. The monoisotopic (exact) mass is 336 g/mol. The number of nitrogens with one attached hydrogen (secondary N) is 1. The van der Waals surface area contributed by atoms with Crippen molar-refractivity contribution in [2.75, 3.05) is 0 Å². The maximum Gasteiger partial charge on any atom is 0.245 e. The van der Waals surface area contributed by atoms with Crippen LogP contribution in [0.3, 0.4) is 0 Å². The van der Waals surface area contributed by atoms with Crippen LogP contribution in [0.1, 0.15) is 17.4 Å². The summed E-state index contributed by atoms with van der Waals surface area (Å²) in [5.74, 6) is -0.100. The molecule has 3 nitrogen and oxygen atoms in total. The third-order valence-corrected chi connectivity index (χ3v) is 3.88. The molecule has 98 valence electrons. The zero-order valence-corrected chi connectivity index (χ0v) is 12.8. The molecule has 1 N–H and O–H groups in total. The topological polar surface area (TPSA) is 41.5 Å². The van der Waals surface area contributed by atoms with Gasteiger partial charge in [-0.3, -0.25) is 4.79 Å². The van der Waals surface area contributed by atoms with E-state index in [9.17, 15) is 4.79 Å². The molecular formula is C14H13BrN2OS. The molecule has 0 fully saturated rings. The number of halogens is 1. The molecule has 0 aliphatic heterocycles. The van der Waals surface area contributed by atoms with Crippen molar-refractivity contribution < 1.29 is 4.79 Å². The molecule has 0 unspecified atom stereocenters. The second-order valence-electron chi connectivity index (χ2n) is 4.00. The Morgan fingerprint density at radius 2 is 2.21 bits per heavy atom. The molecule has 0 radical (unpaired) electrons. The number of rotatable bonds is 4. The van der Waals surface area contributed by atoms with Crippen LogP contribution < -0.4 is 5.43 Å². The normalized spacial score (nSPS) is 11.4. The van der Waals surface area contributed by atoms with Gasteiger partial charge < -0.3 is 0 Å². The molecule has 0 bridgehead atoms. The molecule has 0 atom stereocenters. The maximum absolute atomic E-state index is 11.7. The van der Waals surface area contributed by atoms with Gasteiger partial charge in [-0.2, -0.15) is 5.10 Å². The Hall–Kier alpha value is -1.46. The number of carbonyl (C=O) groups is 1. The first kappa shape index (κ1) is 14.0. The average molecular weight is 337 g/mol. The molecule has 2 aromatic rings. The summed E-state index contributed by atoms with van der Waals surface area (Å²) in [5, 5.41) is 6.07. The lowest BCUT2D eigenvalue weighted by Crippen LogP contribution is -2.20. The summed E-state index contributed by atoms with van der Waals surface area (Å²) >= 11 is 4.98. The fourth-order valence-electron chi connectivity index (χ4n) is 1.54. The number of carbonyl (C=O) groups excluding carboxylic acids is 1. The minimum Gasteiger partial charge on any atom is -0.273 e. The van der Waals surface area contributed by atoms with Crippen LogP contribution in [0, 0.1) is 0 Å². The Bertz CT molecular complexity index is 593. The average Bonchev–Trinajstić information content (AvgIpc) is 2.88. The van der Waals surface area contributed by atoms with Crippen LogP contribution in [-0.4, -0.2) is 11.6 Å². The van der Waals surface area contributed by atoms with Crippen molar-refractivity contribution in [1.82, 2.24) is 5.43 Å². The summed E-state index contributed by atoms with van der Waals surface area (Å²) in [5.41, 5.74) is 4.34. The molecule has 1 amide bonds. The van der Waals surface area contributed by atoms with Crippen molar-refractivity contribution in [3.05, 3.63) is 56.7 Å². The third kappa shape index (κ3) is 4.29. The van der Waals surface area contributed by atoms with E-state index in [0.29, 0.717) is 6.42 Å². The van der Waals surface area contributed by atoms with E-state index in [4.69, 9.17) is 0 Å². The largest absolute Gasteiger partial charge is 0.273 e. The van der Waals surface area contributed by atoms with Gasteiger partial charge in [0.2, 0.25) is 5.91 Å². The van der Waals surface area contributed by atoms with Crippen LogP contribution in [0.15, 0.2) is 51.4 Å². The Morgan fingerprint density at radius 3 is 2.89 bits per heavy atom.